The summed E-state index contributed by atoms with van der Waals surface area (Å²) in [6.45, 7) is -2.31. The molecule has 0 fully saturated rings. The van der Waals surface area contributed by atoms with Crippen molar-refractivity contribution in [2.45, 2.75) is 18.5 Å². The third-order valence-electron chi connectivity index (χ3n) is 1.42. The highest BCUT2D eigenvalue weighted by atomic mass is 19.4. The standard InChI is InChI=1S/C7H8F7NO2/c8-4(9)3-17-2-1-15-5(16)6(10,11)7(12,13)14/h4H,1-3H2,(H,15,16). The van der Waals surface area contributed by atoms with Crippen LogP contribution in [0.3, 0.4) is 0 Å². The highest BCUT2D eigenvalue weighted by molar-refractivity contribution is 5.84. The number of carbonyl (C=O) groups excluding carboxylic acids is 1. The first-order valence-electron chi connectivity index (χ1n) is 4.17. The molecule has 102 valence electrons. The molecule has 0 spiro atoms. The van der Waals surface area contributed by atoms with Gasteiger partial charge in [0, 0.05) is 6.54 Å². The van der Waals surface area contributed by atoms with Gasteiger partial charge in [-0.15, -0.1) is 0 Å². The summed E-state index contributed by atoms with van der Waals surface area (Å²) in [6.07, 6.45) is -8.79. The second-order valence-electron chi connectivity index (χ2n) is 2.79. The Balaban J connectivity index is 3.95. The van der Waals surface area contributed by atoms with E-state index in [9.17, 15) is 35.5 Å². The molecule has 3 nitrogen and oxygen atoms in total. The molecule has 0 aromatic heterocycles. The Kier molecular flexibility index (Phi) is 5.66. The maximum atomic E-state index is 12.3. The van der Waals surface area contributed by atoms with Crippen LogP contribution < -0.4 is 5.32 Å². The molecule has 0 aliphatic rings. The average Bonchev–Trinajstić information content (AvgIpc) is 2.14. The van der Waals surface area contributed by atoms with Gasteiger partial charge in [-0.25, -0.2) is 8.78 Å². The lowest BCUT2D eigenvalue weighted by molar-refractivity contribution is -0.269. The van der Waals surface area contributed by atoms with Gasteiger partial charge in [0.1, 0.15) is 6.61 Å². The molecular weight excluding hydrogens is 263 g/mol. The third kappa shape index (κ3) is 5.20. The summed E-state index contributed by atoms with van der Waals surface area (Å²) in [6, 6.07) is 0. The van der Waals surface area contributed by atoms with E-state index >= 15 is 0 Å². The molecule has 0 radical (unpaired) electrons. The Morgan fingerprint density at radius 3 is 2.12 bits per heavy atom. The zero-order valence-electron chi connectivity index (χ0n) is 8.16. The SMILES string of the molecule is O=C(NCCOCC(F)F)C(F)(F)C(F)(F)F. The van der Waals surface area contributed by atoms with Crippen LogP contribution in [0.2, 0.25) is 0 Å². The average molecular weight is 271 g/mol. The summed E-state index contributed by atoms with van der Waals surface area (Å²) in [4.78, 5) is 10.4. The van der Waals surface area contributed by atoms with Gasteiger partial charge in [0.05, 0.1) is 6.61 Å². The molecule has 0 saturated heterocycles. The number of alkyl halides is 7. The van der Waals surface area contributed by atoms with Crippen molar-refractivity contribution in [3.8, 4) is 0 Å². The zero-order valence-corrected chi connectivity index (χ0v) is 8.16. The lowest BCUT2D eigenvalue weighted by atomic mass is 10.3. The van der Waals surface area contributed by atoms with Gasteiger partial charge in [0.25, 0.3) is 12.3 Å². The van der Waals surface area contributed by atoms with E-state index in [-0.39, 0.29) is 0 Å². The predicted octanol–water partition coefficient (Wildman–Crippen LogP) is 1.58. The number of hydrogen-bond acceptors (Lipinski definition) is 2. The van der Waals surface area contributed by atoms with E-state index in [1.165, 1.54) is 5.32 Å². The van der Waals surface area contributed by atoms with Crippen LogP contribution >= 0.6 is 0 Å². The van der Waals surface area contributed by atoms with E-state index in [0.29, 0.717) is 0 Å². The fraction of sp³-hybridized carbons (Fsp3) is 0.857. The van der Waals surface area contributed by atoms with Crippen molar-refractivity contribution in [3.63, 3.8) is 0 Å². The maximum absolute atomic E-state index is 12.3. The van der Waals surface area contributed by atoms with Crippen LogP contribution in [-0.4, -0.2) is 44.2 Å². The summed E-state index contributed by atoms with van der Waals surface area (Å²) in [5.41, 5.74) is 0. The monoisotopic (exact) mass is 271 g/mol. The Bertz CT molecular complexity index is 253. The fourth-order valence-electron chi connectivity index (χ4n) is 0.649. The van der Waals surface area contributed by atoms with Crippen LogP contribution in [0.4, 0.5) is 30.7 Å². The number of nitrogens with one attached hydrogen (secondary N) is 1. The highest BCUT2D eigenvalue weighted by Gasteiger charge is 2.63. The molecule has 0 aliphatic heterocycles. The summed E-state index contributed by atoms with van der Waals surface area (Å²) >= 11 is 0. The molecule has 0 bridgehead atoms. The zero-order chi connectivity index (χ0) is 13.7. The van der Waals surface area contributed by atoms with E-state index in [2.05, 4.69) is 4.74 Å². The number of ether oxygens (including phenoxy) is 1. The van der Waals surface area contributed by atoms with Crippen LogP contribution in [0.15, 0.2) is 0 Å². The first kappa shape index (κ1) is 15.9. The van der Waals surface area contributed by atoms with E-state index in [1.54, 1.807) is 0 Å². The quantitative estimate of drug-likeness (QED) is 0.588. The summed E-state index contributed by atoms with van der Waals surface area (Å²) in [5.74, 6) is -8.07. The predicted molar refractivity (Wildman–Crippen MR) is 40.8 cm³/mol. The van der Waals surface area contributed by atoms with Gasteiger partial charge >= 0.3 is 12.1 Å². The van der Waals surface area contributed by atoms with E-state index in [4.69, 9.17) is 0 Å². The van der Waals surface area contributed by atoms with Gasteiger partial charge in [-0.1, -0.05) is 0 Å². The van der Waals surface area contributed by atoms with Crippen LogP contribution in [0.25, 0.3) is 0 Å². The molecule has 1 amide bonds. The summed E-state index contributed by atoms with van der Waals surface area (Å²) in [5, 5.41) is 1.22. The Hall–Kier alpha value is -1.06. The van der Waals surface area contributed by atoms with Crippen molar-refractivity contribution in [1.29, 1.82) is 0 Å². The molecule has 10 heteroatoms. The van der Waals surface area contributed by atoms with Gasteiger partial charge in [0.2, 0.25) is 0 Å². The smallest absolute Gasteiger partial charge is 0.374 e. The minimum atomic E-state index is -6.00. The third-order valence-corrected chi connectivity index (χ3v) is 1.42. The molecule has 0 rings (SSSR count). The number of rotatable bonds is 6. The molecule has 17 heavy (non-hydrogen) atoms. The lowest BCUT2D eigenvalue weighted by Gasteiger charge is -2.18. The minimum absolute atomic E-state index is 0.593. The van der Waals surface area contributed by atoms with Crippen molar-refractivity contribution < 1.29 is 40.3 Å². The topological polar surface area (TPSA) is 38.3 Å². The number of halogens is 7. The molecule has 0 heterocycles. The maximum Gasteiger partial charge on any atom is 0.463 e. The molecule has 0 aromatic rings. The summed E-state index contributed by atoms with van der Waals surface area (Å²) < 4.78 is 86.5. The Morgan fingerprint density at radius 2 is 1.71 bits per heavy atom. The van der Waals surface area contributed by atoms with E-state index < -0.39 is 44.2 Å². The molecule has 0 atom stereocenters. The molecule has 0 saturated carbocycles. The number of amides is 1. The van der Waals surface area contributed by atoms with Crippen LogP contribution in [0.1, 0.15) is 0 Å². The fourth-order valence-corrected chi connectivity index (χ4v) is 0.649. The van der Waals surface area contributed by atoms with Crippen molar-refractivity contribution in [3.05, 3.63) is 0 Å². The minimum Gasteiger partial charge on any atom is -0.374 e. The van der Waals surface area contributed by atoms with Gasteiger partial charge in [-0.05, 0) is 0 Å². The first-order valence-corrected chi connectivity index (χ1v) is 4.17. The van der Waals surface area contributed by atoms with Gasteiger partial charge in [0.15, 0.2) is 0 Å². The molecule has 0 unspecified atom stereocenters. The largest absolute Gasteiger partial charge is 0.463 e. The lowest BCUT2D eigenvalue weighted by Crippen LogP contribution is -2.51. The van der Waals surface area contributed by atoms with Crippen molar-refractivity contribution in [2.75, 3.05) is 19.8 Å². The second kappa shape index (κ2) is 6.03. The molecular formula is C7H8F7NO2. The second-order valence-corrected chi connectivity index (χ2v) is 2.79. The normalized spacial score (nSPS) is 12.9. The van der Waals surface area contributed by atoms with Gasteiger partial charge < -0.3 is 10.1 Å². The van der Waals surface area contributed by atoms with Crippen LogP contribution in [0.5, 0.6) is 0 Å². The highest BCUT2D eigenvalue weighted by Crippen LogP contribution is 2.35. The first-order chi connectivity index (χ1) is 7.59. The molecule has 0 aromatic carbocycles. The van der Waals surface area contributed by atoms with Gasteiger partial charge in [-0.2, -0.15) is 22.0 Å². The van der Waals surface area contributed by atoms with Crippen LogP contribution in [0, 0.1) is 0 Å². The van der Waals surface area contributed by atoms with Crippen molar-refractivity contribution in [1.82, 2.24) is 5.32 Å². The van der Waals surface area contributed by atoms with Gasteiger partial charge in [-0.3, -0.25) is 4.79 Å². The summed E-state index contributed by atoms with van der Waals surface area (Å²) in [7, 11) is 0. The number of carbonyl (C=O) groups is 1. The van der Waals surface area contributed by atoms with Crippen molar-refractivity contribution >= 4 is 5.91 Å². The Morgan fingerprint density at radius 1 is 1.18 bits per heavy atom. The van der Waals surface area contributed by atoms with E-state index in [1.807, 2.05) is 0 Å². The molecule has 1 N–H and O–H groups in total. The van der Waals surface area contributed by atoms with E-state index in [0.717, 1.165) is 0 Å². The van der Waals surface area contributed by atoms with Crippen molar-refractivity contribution in [2.24, 2.45) is 0 Å². The number of hydrogen-bond donors (Lipinski definition) is 1. The Labute approximate surface area is 90.9 Å². The van der Waals surface area contributed by atoms with Crippen LogP contribution in [-0.2, 0) is 9.53 Å². The molecule has 0 aliphatic carbocycles.